The van der Waals surface area contributed by atoms with Gasteiger partial charge in [0.25, 0.3) is 6.29 Å². The van der Waals surface area contributed by atoms with Crippen molar-refractivity contribution in [1.82, 2.24) is 0 Å². The molecule has 0 aliphatic rings. The fraction of sp³-hybridized carbons (Fsp3) is 0.471. The first-order chi connectivity index (χ1) is 11.7. The van der Waals surface area contributed by atoms with Crippen LogP contribution in [0.5, 0.6) is 5.75 Å². The quantitative estimate of drug-likeness (QED) is 0.439. The summed E-state index contributed by atoms with van der Waals surface area (Å²) in [4.78, 5) is 35.2. The maximum atomic E-state index is 13.9. The van der Waals surface area contributed by atoms with Gasteiger partial charge in [-0.15, -0.1) is 0 Å². The van der Waals surface area contributed by atoms with Crippen molar-refractivity contribution >= 4 is 18.1 Å². The summed E-state index contributed by atoms with van der Waals surface area (Å²) in [7, 11) is 1.11. The minimum Gasteiger partial charge on any atom is -0.465 e. The summed E-state index contributed by atoms with van der Waals surface area (Å²) in [5.74, 6) is -3.80. The molecule has 0 aliphatic carbocycles. The van der Waals surface area contributed by atoms with E-state index in [0.29, 0.717) is 0 Å². The highest BCUT2D eigenvalue weighted by atomic mass is 19.1. The molecule has 0 saturated carbocycles. The highest BCUT2D eigenvalue weighted by molar-refractivity contribution is 5.93. The van der Waals surface area contributed by atoms with Gasteiger partial charge in [-0.25, -0.2) is 14.0 Å². The number of halogens is 1. The monoisotopic (exact) mass is 356 g/mol. The van der Waals surface area contributed by atoms with Crippen molar-refractivity contribution in [1.29, 1.82) is 0 Å². The number of benzene rings is 1. The van der Waals surface area contributed by atoms with E-state index < -0.39 is 41.9 Å². The lowest BCUT2D eigenvalue weighted by molar-refractivity contribution is -0.180. The lowest BCUT2D eigenvalue weighted by Crippen LogP contribution is -2.32. The fourth-order valence-corrected chi connectivity index (χ4v) is 1.63. The molecule has 25 heavy (non-hydrogen) atoms. The van der Waals surface area contributed by atoms with E-state index in [1.807, 2.05) is 0 Å². The van der Waals surface area contributed by atoms with Crippen molar-refractivity contribution in [3.63, 3.8) is 0 Å². The SMILES string of the molecule is COC(=O)c1cccc(F)c1OC(=O)OC(OC(=O)C(C)C)C(C)C. The Bertz CT molecular complexity index is 640. The molecular formula is C17H21FO7. The van der Waals surface area contributed by atoms with Crippen LogP contribution in [0, 0.1) is 17.7 Å². The number of carbonyl (C=O) groups is 3. The highest BCUT2D eigenvalue weighted by Crippen LogP contribution is 2.24. The minimum atomic E-state index is -1.31. The Balaban J connectivity index is 2.91. The van der Waals surface area contributed by atoms with Crippen LogP contribution in [-0.2, 0) is 19.0 Å². The molecule has 0 aromatic heterocycles. The van der Waals surface area contributed by atoms with E-state index in [0.717, 1.165) is 13.2 Å². The van der Waals surface area contributed by atoms with E-state index in [-0.39, 0.29) is 11.5 Å². The fourth-order valence-electron chi connectivity index (χ4n) is 1.63. The molecule has 8 heteroatoms. The third-order valence-corrected chi connectivity index (χ3v) is 3.02. The first kappa shape index (κ1) is 20.4. The van der Waals surface area contributed by atoms with E-state index in [2.05, 4.69) is 4.74 Å². The molecule has 0 amide bonds. The van der Waals surface area contributed by atoms with Gasteiger partial charge in [-0.05, 0) is 12.1 Å². The minimum absolute atomic E-state index is 0.278. The smallest absolute Gasteiger partial charge is 0.465 e. The van der Waals surface area contributed by atoms with Crippen LogP contribution in [0.15, 0.2) is 18.2 Å². The summed E-state index contributed by atoms with van der Waals surface area (Å²) in [6.45, 7) is 6.57. The van der Waals surface area contributed by atoms with Gasteiger partial charge in [-0.3, -0.25) is 4.79 Å². The van der Waals surface area contributed by atoms with E-state index in [4.69, 9.17) is 14.2 Å². The van der Waals surface area contributed by atoms with Crippen LogP contribution in [0.4, 0.5) is 9.18 Å². The van der Waals surface area contributed by atoms with Crippen LogP contribution in [0.3, 0.4) is 0 Å². The number of carbonyl (C=O) groups excluding carboxylic acids is 3. The summed E-state index contributed by atoms with van der Waals surface area (Å²) in [6, 6.07) is 3.51. The van der Waals surface area contributed by atoms with Crippen LogP contribution in [0.2, 0.25) is 0 Å². The van der Waals surface area contributed by atoms with Gasteiger partial charge in [0.1, 0.15) is 5.56 Å². The standard InChI is InChI=1S/C17H21FO7/c1-9(2)14(19)24-16(10(3)4)25-17(21)23-13-11(15(20)22-5)7-6-8-12(13)18/h6-10,16H,1-5H3. The third-order valence-electron chi connectivity index (χ3n) is 3.02. The van der Waals surface area contributed by atoms with Gasteiger partial charge >= 0.3 is 18.1 Å². The molecule has 0 spiro atoms. The predicted octanol–water partition coefficient (Wildman–Crippen LogP) is 3.31. The Hall–Kier alpha value is -2.64. The average Bonchev–Trinajstić information content (AvgIpc) is 2.54. The van der Waals surface area contributed by atoms with E-state index in [1.54, 1.807) is 27.7 Å². The topological polar surface area (TPSA) is 88.1 Å². The Morgan fingerprint density at radius 1 is 1.04 bits per heavy atom. The first-order valence-corrected chi connectivity index (χ1v) is 7.63. The molecule has 1 aromatic rings. The molecule has 0 aliphatic heterocycles. The first-order valence-electron chi connectivity index (χ1n) is 7.63. The van der Waals surface area contributed by atoms with Crippen molar-refractivity contribution in [2.75, 3.05) is 7.11 Å². The summed E-state index contributed by atoms with van der Waals surface area (Å²) in [6.07, 6.45) is -2.53. The molecule has 0 saturated heterocycles. The molecular weight excluding hydrogens is 335 g/mol. The summed E-state index contributed by atoms with van der Waals surface area (Å²) >= 11 is 0. The predicted molar refractivity (Wildman–Crippen MR) is 84.4 cm³/mol. The molecule has 0 heterocycles. The molecule has 138 valence electrons. The van der Waals surface area contributed by atoms with Crippen LogP contribution in [-0.4, -0.2) is 31.5 Å². The van der Waals surface area contributed by atoms with Crippen molar-refractivity contribution in [3.05, 3.63) is 29.6 Å². The van der Waals surface area contributed by atoms with Crippen molar-refractivity contribution in [2.24, 2.45) is 11.8 Å². The maximum Gasteiger partial charge on any atom is 0.517 e. The van der Waals surface area contributed by atoms with Crippen molar-refractivity contribution in [2.45, 2.75) is 34.0 Å². The van der Waals surface area contributed by atoms with E-state index in [9.17, 15) is 18.8 Å². The largest absolute Gasteiger partial charge is 0.517 e. The lowest BCUT2D eigenvalue weighted by Gasteiger charge is -2.22. The van der Waals surface area contributed by atoms with Gasteiger partial charge in [0.2, 0.25) is 0 Å². The Morgan fingerprint density at radius 2 is 1.68 bits per heavy atom. The van der Waals surface area contributed by atoms with Gasteiger partial charge in [-0.1, -0.05) is 33.8 Å². The van der Waals surface area contributed by atoms with E-state index in [1.165, 1.54) is 12.1 Å². The number of hydrogen-bond acceptors (Lipinski definition) is 7. The van der Waals surface area contributed by atoms with Crippen LogP contribution in [0.25, 0.3) is 0 Å². The zero-order chi connectivity index (χ0) is 19.1. The number of rotatable bonds is 6. The van der Waals surface area contributed by atoms with Crippen LogP contribution in [0.1, 0.15) is 38.1 Å². The van der Waals surface area contributed by atoms with Gasteiger partial charge < -0.3 is 18.9 Å². The zero-order valence-electron chi connectivity index (χ0n) is 14.7. The zero-order valence-corrected chi connectivity index (χ0v) is 14.7. The highest BCUT2D eigenvalue weighted by Gasteiger charge is 2.27. The Morgan fingerprint density at radius 3 is 2.20 bits per heavy atom. The molecule has 1 rings (SSSR count). The molecule has 7 nitrogen and oxygen atoms in total. The van der Waals surface area contributed by atoms with Gasteiger partial charge in [-0.2, -0.15) is 0 Å². The molecule has 0 bridgehead atoms. The summed E-state index contributed by atoms with van der Waals surface area (Å²) in [5.41, 5.74) is -0.278. The molecule has 0 radical (unpaired) electrons. The van der Waals surface area contributed by atoms with Crippen molar-refractivity contribution < 1.29 is 37.7 Å². The second-order valence-corrected chi connectivity index (χ2v) is 5.78. The Kier molecular flexibility index (Phi) is 7.35. The van der Waals surface area contributed by atoms with Crippen LogP contribution < -0.4 is 4.74 Å². The molecule has 0 N–H and O–H groups in total. The normalized spacial score (nSPS) is 11.8. The average molecular weight is 356 g/mol. The lowest BCUT2D eigenvalue weighted by atomic mass is 10.2. The number of hydrogen-bond donors (Lipinski definition) is 0. The summed E-state index contributed by atoms with van der Waals surface area (Å²) < 4.78 is 33.2. The Labute approximate surface area is 145 Å². The van der Waals surface area contributed by atoms with Gasteiger partial charge in [0, 0.05) is 5.92 Å². The molecule has 1 unspecified atom stereocenters. The maximum absolute atomic E-state index is 13.9. The van der Waals surface area contributed by atoms with E-state index >= 15 is 0 Å². The number of ether oxygens (including phenoxy) is 4. The van der Waals surface area contributed by atoms with Crippen molar-refractivity contribution in [3.8, 4) is 5.75 Å². The second kappa shape index (κ2) is 9.00. The number of para-hydroxylation sites is 1. The number of methoxy groups -OCH3 is 1. The molecule has 1 aromatic carbocycles. The van der Waals surface area contributed by atoms with Crippen LogP contribution >= 0.6 is 0 Å². The van der Waals surface area contributed by atoms with Gasteiger partial charge in [0.15, 0.2) is 11.6 Å². The second-order valence-electron chi connectivity index (χ2n) is 5.78. The molecule has 1 atom stereocenters. The summed E-state index contributed by atoms with van der Waals surface area (Å²) in [5, 5.41) is 0. The number of esters is 2. The third kappa shape index (κ3) is 5.74. The molecule has 0 fully saturated rings. The van der Waals surface area contributed by atoms with Gasteiger partial charge in [0.05, 0.1) is 13.0 Å².